The molecule has 9 nitrogen and oxygen atoms in total. The van der Waals surface area contributed by atoms with Crippen LogP contribution in [0.1, 0.15) is 11.3 Å². The van der Waals surface area contributed by atoms with E-state index in [-0.39, 0.29) is 33.0 Å². The van der Waals surface area contributed by atoms with Crippen molar-refractivity contribution < 1.29 is 13.2 Å². The number of aromatic amines is 3. The van der Waals surface area contributed by atoms with Gasteiger partial charge in [0.15, 0.2) is 10.8 Å². The highest BCUT2D eigenvalue weighted by Crippen LogP contribution is 2.31. The minimum Gasteiger partial charge on any atom is -0.309 e. The van der Waals surface area contributed by atoms with E-state index < -0.39 is 28.7 Å². The molecule has 0 unspecified atom stereocenters. The summed E-state index contributed by atoms with van der Waals surface area (Å²) in [5.74, 6) is 0.0387. The molecule has 0 aliphatic heterocycles. The standard InChI is InChI=1S/C17H10ClF3N6O3S/c18-12-10(22-14(29)24-13(12)28)6-31-15-23-11-5-9(26-27(11)16(30)25-15)7-1-3-8(4-2-7)17(19,20)21/h1-5H,6H2,(H,23,25,30)(H2,22,24,28,29). The van der Waals surface area contributed by atoms with E-state index in [1.807, 2.05) is 4.98 Å². The van der Waals surface area contributed by atoms with Crippen LogP contribution >= 0.6 is 23.4 Å². The van der Waals surface area contributed by atoms with Crippen LogP contribution in [0.2, 0.25) is 5.02 Å². The fourth-order valence-electron chi connectivity index (χ4n) is 2.67. The Labute approximate surface area is 178 Å². The number of aromatic nitrogens is 6. The molecule has 0 amide bonds. The van der Waals surface area contributed by atoms with E-state index in [9.17, 15) is 27.6 Å². The number of fused-ring (bicyclic) bond motifs is 1. The zero-order valence-electron chi connectivity index (χ0n) is 15.1. The van der Waals surface area contributed by atoms with E-state index in [1.54, 1.807) is 0 Å². The molecule has 0 saturated heterocycles. The van der Waals surface area contributed by atoms with Crippen molar-refractivity contribution in [2.75, 3.05) is 0 Å². The summed E-state index contributed by atoms with van der Waals surface area (Å²) in [4.78, 5) is 46.4. The maximum absolute atomic E-state index is 12.7. The summed E-state index contributed by atoms with van der Waals surface area (Å²) >= 11 is 6.87. The van der Waals surface area contributed by atoms with E-state index in [0.29, 0.717) is 5.56 Å². The molecule has 3 N–H and O–H groups in total. The van der Waals surface area contributed by atoms with Crippen LogP contribution < -0.4 is 16.9 Å². The van der Waals surface area contributed by atoms with Crippen molar-refractivity contribution in [3.8, 4) is 11.3 Å². The molecule has 0 saturated carbocycles. The van der Waals surface area contributed by atoms with Crippen molar-refractivity contribution in [2.24, 2.45) is 0 Å². The van der Waals surface area contributed by atoms with Gasteiger partial charge in [-0.3, -0.25) is 14.8 Å². The van der Waals surface area contributed by atoms with Crippen LogP contribution in [0.5, 0.6) is 0 Å². The summed E-state index contributed by atoms with van der Waals surface area (Å²) in [5.41, 5.74) is -1.94. The van der Waals surface area contributed by atoms with E-state index in [1.165, 1.54) is 18.2 Å². The minimum absolute atomic E-state index is 0.0387. The van der Waals surface area contributed by atoms with Crippen molar-refractivity contribution in [2.45, 2.75) is 17.1 Å². The van der Waals surface area contributed by atoms with Gasteiger partial charge in [0.05, 0.1) is 17.0 Å². The number of nitrogens with zero attached hydrogens (tertiary/aromatic N) is 3. The van der Waals surface area contributed by atoms with Gasteiger partial charge in [-0.25, -0.2) is 14.6 Å². The summed E-state index contributed by atoms with van der Waals surface area (Å²) in [6.45, 7) is 0. The zero-order valence-corrected chi connectivity index (χ0v) is 16.7. The van der Waals surface area contributed by atoms with E-state index in [4.69, 9.17) is 11.6 Å². The van der Waals surface area contributed by atoms with Crippen LogP contribution in [0.3, 0.4) is 0 Å². The molecule has 4 aromatic rings. The van der Waals surface area contributed by atoms with Crippen LogP contribution in [0, 0.1) is 0 Å². The second kappa shape index (κ2) is 7.74. The Balaban J connectivity index is 1.63. The first-order valence-corrected chi connectivity index (χ1v) is 9.79. The second-order valence-electron chi connectivity index (χ2n) is 6.21. The molecule has 0 fully saturated rings. The Kier molecular flexibility index (Phi) is 5.23. The molecule has 0 aliphatic carbocycles. The molecule has 0 radical (unpaired) electrons. The summed E-state index contributed by atoms with van der Waals surface area (Å²) in [6, 6.07) is 5.79. The van der Waals surface area contributed by atoms with Crippen molar-refractivity contribution in [3.63, 3.8) is 0 Å². The number of halogens is 4. The highest BCUT2D eigenvalue weighted by Gasteiger charge is 2.30. The summed E-state index contributed by atoms with van der Waals surface area (Å²) < 4.78 is 39.2. The maximum atomic E-state index is 12.7. The van der Waals surface area contributed by atoms with Gasteiger partial charge < -0.3 is 4.98 Å². The van der Waals surface area contributed by atoms with Gasteiger partial charge in [0.25, 0.3) is 5.56 Å². The average Bonchev–Trinajstić information content (AvgIpc) is 3.14. The van der Waals surface area contributed by atoms with Crippen molar-refractivity contribution >= 4 is 29.0 Å². The second-order valence-corrected chi connectivity index (χ2v) is 7.55. The monoisotopic (exact) mass is 470 g/mol. The molecule has 0 spiro atoms. The Morgan fingerprint density at radius 1 is 1.06 bits per heavy atom. The van der Waals surface area contributed by atoms with Crippen molar-refractivity contribution in [3.05, 3.63) is 77.9 Å². The lowest BCUT2D eigenvalue weighted by molar-refractivity contribution is -0.137. The summed E-state index contributed by atoms with van der Waals surface area (Å²) in [6.07, 6.45) is -4.46. The van der Waals surface area contributed by atoms with Gasteiger partial charge in [0, 0.05) is 17.4 Å². The lowest BCUT2D eigenvalue weighted by Crippen LogP contribution is -2.24. The number of rotatable bonds is 4. The Morgan fingerprint density at radius 2 is 1.77 bits per heavy atom. The van der Waals surface area contributed by atoms with Gasteiger partial charge in [0.1, 0.15) is 5.02 Å². The average molecular weight is 471 g/mol. The molecule has 0 aliphatic rings. The highest BCUT2D eigenvalue weighted by atomic mass is 35.5. The molecule has 3 aromatic heterocycles. The highest BCUT2D eigenvalue weighted by molar-refractivity contribution is 7.98. The first kappa shape index (κ1) is 20.9. The number of benzene rings is 1. The molecule has 0 bridgehead atoms. The number of hydrogen-bond acceptors (Lipinski definition) is 6. The van der Waals surface area contributed by atoms with Crippen LogP contribution in [0.4, 0.5) is 13.2 Å². The predicted octanol–water partition coefficient (Wildman–Crippen LogP) is 2.43. The molecule has 3 heterocycles. The molecule has 14 heteroatoms. The largest absolute Gasteiger partial charge is 0.416 e. The van der Waals surface area contributed by atoms with Gasteiger partial charge in [-0.05, 0) is 12.1 Å². The van der Waals surface area contributed by atoms with Gasteiger partial charge >= 0.3 is 17.6 Å². The first-order valence-electron chi connectivity index (χ1n) is 8.43. The summed E-state index contributed by atoms with van der Waals surface area (Å²) in [7, 11) is 0. The number of H-pyrrole nitrogens is 3. The van der Waals surface area contributed by atoms with Crippen LogP contribution in [0.25, 0.3) is 16.9 Å². The normalized spacial score (nSPS) is 11.9. The quantitative estimate of drug-likeness (QED) is 0.393. The van der Waals surface area contributed by atoms with Crippen LogP contribution in [0.15, 0.2) is 49.9 Å². The predicted molar refractivity (Wildman–Crippen MR) is 106 cm³/mol. The van der Waals surface area contributed by atoms with Gasteiger partial charge in [-0.2, -0.15) is 22.8 Å². The molecule has 160 valence electrons. The smallest absolute Gasteiger partial charge is 0.309 e. The molecule has 1 aromatic carbocycles. The minimum atomic E-state index is -4.46. The number of hydrogen-bond donors (Lipinski definition) is 3. The van der Waals surface area contributed by atoms with E-state index in [2.05, 4.69) is 20.1 Å². The molecular weight excluding hydrogens is 461 g/mol. The number of thioether (sulfide) groups is 1. The van der Waals surface area contributed by atoms with E-state index >= 15 is 0 Å². The lowest BCUT2D eigenvalue weighted by Gasteiger charge is -2.06. The fourth-order valence-corrected chi connectivity index (χ4v) is 3.73. The Morgan fingerprint density at radius 3 is 2.45 bits per heavy atom. The van der Waals surface area contributed by atoms with Crippen LogP contribution in [-0.4, -0.2) is 29.5 Å². The zero-order chi connectivity index (χ0) is 22.3. The lowest BCUT2D eigenvalue weighted by atomic mass is 10.1. The SMILES string of the molecule is O=c1[nH]c(CSc2nc3cc(-c4ccc(C(F)(F)F)cc4)nn3c(=O)[nH]2)c(Cl)c(=O)[nH]1. The molecule has 0 atom stereocenters. The number of nitrogens with one attached hydrogen (secondary N) is 3. The topological polar surface area (TPSA) is 129 Å². The van der Waals surface area contributed by atoms with Crippen LogP contribution in [-0.2, 0) is 11.9 Å². The third kappa shape index (κ3) is 4.27. The fraction of sp³-hybridized carbons (Fsp3) is 0.118. The van der Waals surface area contributed by atoms with E-state index in [0.717, 1.165) is 28.4 Å². The maximum Gasteiger partial charge on any atom is 0.416 e. The number of alkyl halides is 3. The van der Waals surface area contributed by atoms with Crippen molar-refractivity contribution in [1.82, 2.24) is 29.5 Å². The Hall–Kier alpha value is -3.32. The summed E-state index contributed by atoms with van der Waals surface area (Å²) in [5, 5.41) is 4.05. The van der Waals surface area contributed by atoms with Gasteiger partial charge in [-0.1, -0.05) is 35.5 Å². The molecule has 31 heavy (non-hydrogen) atoms. The third-order valence-corrected chi connectivity index (χ3v) is 5.43. The molecule has 4 rings (SSSR count). The third-order valence-electron chi connectivity index (χ3n) is 4.13. The first-order chi connectivity index (χ1) is 14.6. The van der Waals surface area contributed by atoms with Gasteiger partial charge in [0.2, 0.25) is 0 Å². The Bertz CT molecular complexity index is 1460. The van der Waals surface area contributed by atoms with Crippen molar-refractivity contribution in [1.29, 1.82) is 0 Å². The molecular formula is C17H10ClF3N6O3S. The van der Waals surface area contributed by atoms with Gasteiger partial charge in [-0.15, -0.1) is 0 Å².